The third-order valence-corrected chi connectivity index (χ3v) is 5.29. The highest BCUT2D eigenvalue weighted by Crippen LogP contribution is 2.19. The zero-order chi connectivity index (χ0) is 20.7. The van der Waals surface area contributed by atoms with Crippen LogP contribution in [-0.4, -0.2) is 33.7 Å². The Kier molecular flexibility index (Phi) is 4.32. The van der Waals surface area contributed by atoms with Gasteiger partial charge < -0.3 is 4.90 Å². The molecule has 0 fully saturated rings. The van der Waals surface area contributed by atoms with Crippen molar-refractivity contribution in [2.45, 2.75) is 6.92 Å². The Hall–Kier alpha value is -3.93. The van der Waals surface area contributed by atoms with Crippen molar-refractivity contribution < 1.29 is 4.40 Å². The van der Waals surface area contributed by atoms with Crippen molar-refractivity contribution in [2.24, 2.45) is 0 Å². The molecule has 2 aromatic carbocycles. The van der Waals surface area contributed by atoms with Crippen LogP contribution in [0.15, 0.2) is 85.5 Å². The molecule has 0 atom stereocenters. The van der Waals surface area contributed by atoms with Gasteiger partial charge in [0.2, 0.25) is 0 Å². The van der Waals surface area contributed by atoms with Gasteiger partial charge in [-0.2, -0.15) is 4.40 Å². The van der Waals surface area contributed by atoms with Crippen molar-refractivity contribution in [1.29, 1.82) is 0 Å². The Bertz CT molecular complexity index is 1310. The van der Waals surface area contributed by atoms with Gasteiger partial charge in [0.15, 0.2) is 16.9 Å². The van der Waals surface area contributed by atoms with Crippen LogP contribution in [0.5, 0.6) is 0 Å². The molecule has 0 saturated carbocycles. The first-order valence-corrected chi connectivity index (χ1v) is 9.88. The van der Waals surface area contributed by atoms with Gasteiger partial charge in [0.25, 0.3) is 6.33 Å². The Morgan fingerprint density at radius 1 is 0.833 bits per heavy atom. The van der Waals surface area contributed by atoms with Crippen molar-refractivity contribution in [2.75, 3.05) is 19.0 Å². The fraction of sp³-hybridized carbons (Fsp3) is 0.125. The van der Waals surface area contributed by atoms with Crippen LogP contribution in [0.25, 0.3) is 28.3 Å². The van der Waals surface area contributed by atoms with Gasteiger partial charge in [0.1, 0.15) is 11.9 Å². The second kappa shape index (κ2) is 7.15. The highest BCUT2D eigenvalue weighted by Gasteiger charge is 2.16. The van der Waals surface area contributed by atoms with E-state index in [-0.39, 0.29) is 0 Å². The SMILES string of the molecule is Cc1ccc(-n2cc(-c3cccc4cn(-c5ccc(N(C)C)cc5)c[n+]34)nn2)cc1. The molecule has 0 aliphatic rings. The number of hydrogen-bond acceptors (Lipinski definition) is 3. The van der Waals surface area contributed by atoms with Crippen LogP contribution in [0.3, 0.4) is 0 Å². The Balaban J connectivity index is 1.54. The molecule has 0 bridgehead atoms. The molecule has 0 saturated heterocycles. The van der Waals surface area contributed by atoms with Gasteiger partial charge in [-0.15, -0.1) is 5.10 Å². The molecule has 5 aromatic rings. The molecule has 0 radical (unpaired) electrons. The van der Waals surface area contributed by atoms with Crippen molar-refractivity contribution in [3.05, 3.63) is 91.0 Å². The van der Waals surface area contributed by atoms with E-state index in [1.165, 1.54) is 11.3 Å². The normalized spacial score (nSPS) is 11.2. The maximum absolute atomic E-state index is 4.43. The number of pyridine rings is 1. The van der Waals surface area contributed by atoms with Crippen LogP contribution in [-0.2, 0) is 0 Å². The van der Waals surface area contributed by atoms with E-state index >= 15 is 0 Å². The van der Waals surface area contributed by atoms with Gasteiger partial charge in [-0.1, -0.05) is 29.0 Å². The number of aromatic nitrogens is 5. The highest BCUT2D eigenvalue weighted by molar-refractivity contribution is 5.54. The molecule has 0 amide bonds. The maximum Gasteiger partial charge on any atom is 0.254 e. The van der Waals surface area contributed by atoms with E-state index in [4.69, 9.17) is 0 Å². The van der Waals surface area contributed by atoms with Gasteiger partial charge in [-0.3, -0.25) is 0 Å². The van der Waals surface area contributed by atoms with E-state index in [0.29, 0.717) is 0 Å². The molecule has 0 N–H and O–H groups in total. The number of fused-ring (bicyclic) bond motifs is 1. The second-order valence-corrected chi connectivity index (χ2v) is 7.65. The van der Waals surface area contributed by atoms with E-state index < -0.39 is 0 Å². The number of anilines is 1. The first-order valence-electron chi connectivity index (χ1n) is 9.88. The monoisotopic (exact) mass is 395 g/mol. The predicted molar refractivity (Wildman–Crippen MR) is 118 cm³/mol. The van der Waals surface area contributed by atoms with E-state index in [1.54, 1.807) is 0 Å². The van der Waals surface area contributed by atoms with Gasteiger partial charge in [0.05, 0.1) is 11.9 Å². The molecule has 6 nitrogen and oxygen atoms in total. The summed E-state index contributed by atoms with van der Waals surface area (Å²) in [5.74, 6) is 0. The molecule has 3 aromatic heterocycles. The minimum atomic E-state index is 0.826. The van der Waals surface area contributed by atoms with E-state index in [9.17, 15) is 0 Å². The molecule has 148 valence electrons. The number of aryl methyl sites for hydroxylation is 1. The summed E-state index contributed by atoms with van der Waals surface area (Å²) >= 11 is 0. The van der Waals surface area contributed by atoms with Gasteiger partial charge in [0, 0.05) is 19.8 Å². The van der Waals surface area contributed by atoms with Crippen LogP contribution in [0, 0.1) is 6.92 Å². The average Bonchev–Trinajstić information content (AvgIpc) is 3.41. The highest BCUT2D eigenvalue weighted by atomic mass is 15.4. The zero-order valence-electron chi connectivity index (χ0n) is 17.3. The Labute approximate surface area is 175 Å². The van der Waals surface area contributed by atoms with Crippen LogP contribution >= 0.6 is 0 Å². The van der Waals surface area contributed by atoms with E-state index in [0.717, 1.165) is 28.3 Å². The standard InChI is InChI=1S/C24H23N6/c1-18-7-9-21(10-8-18)30-16-23(25-26-30)24-6-4-5-22-15-28(17-29(22)24)20-13-11-19(12-14-20)27(2)3/h4-17H,1-3H3/q+1. The molecule has 0 aliphatic carbocycles. The molecule has 0 spiro atoms. The number of hydrogen-bond donors (Lipinski definition) is 0. The van der Waals surface area contributed by atoms with Crippen LogP contribution in [0.1, 0.15) is 5.56 Å². The molecule has 3 heterocycles. The average molecular weight is 395 g/mol. The molecular formula is C24H23N6+. The number of nitrogens with zero attached hydrogens (tertiary/aromatic N) is 6. The van der Waals surface area contributed by atoms with Crippen molar-refractivity contribution in [3.8, 4) is 22.8 Å². The number of imidazole rings is 1. The summed E-state index contributed by atoms with van der Waals surface area (Å²) in [6, 6.07) is 23.0. The smallest absolute Gasteiger partial charge is 0.254 e. The summed E-state index contributed by atoms with van der Waals surface area (Å²) in [5.41, 5.74) is 7.42. The van der Waals surface area contributed by atoms with E-state index in [1.807, 2.05) is 25.0 Å². The van der Waals surface area contributed by atoms with Crippen LogP contribution in [0.2, 0.25) is 0 Å². The first kappa shape index (κ1) is 18.1. The largest absolute Gasteiger partial charge is 0.378 e. The summed E-state index contributed by atoms with van der Waals surface area (Å²) in [5, 5.41) is 8.76. The van der Waals surface area contributed by atoms with Crippen LogP contribution < -0.4 is 9.30 Å². The fourth-order valence-electron chi connectivity index (χ4n) is 3.55. The molecule has 0 unspecified atom stereocenters. The fourth-order valence-corrected chi connectivity index (χ4v) is 3.55. The number of rotatable bonds is 4. The molecule has 5 rings (SSSR count). The minimum absolute atomic E-state index is 0.826. The molecule has 6 heteroatoms. The Morgan fingerprint density at radius 3 is 2.30 bits per heavy atom. The predicted octanol–water partition coefficient (Wildman–Crippen LogP) is 3.84. The minimum Gasteiger partial charge on any atom is -0.378 e. The van der Waals surface area contributed by atoms with Crippen molar-refractivity contribution in [3.63, 3.8) is 0 Å². The van der Waals surface area contributed by atoms with Gasteiger partial charge in [-0.05, 0) is 55.5 Å². The summed E-state index contributed by atoms with van der Waals surface area (Å²) in [4.78, 5) is 2.10. The zero-order valence-corrected chi connectivity index (χ0v) is 17.3. The topological polar surface area (TPSA) is 43.0 Å². The maximum atomic E-state index is 4.43. The summed E-state index contributed by atoms with van der Waals surface area (Å²) in [7, 11) is 4.09. The summed E-state index contributed by atoms with van der Waals surface area (Å²) in [6.45, 7) is 2.08. The van der Waals surface area contributed by atoms with Crippen molar-refractivity contribution >= 4 is 11.2 Å². The van der Waals surface area contributed by atoms with Gasteiger partial charge >= 0.3 is 0 Å². The summed E-state index contributed by atoms with van der Waals surface area (Å²) < 4.78 is 6.08. The van der Waals surface area contributed by atoms with Gasteiger partial charge in [-0.25, -0.2) is 9.25 Å². The van der Waals surface area contributed by atoms with Crippen LogP contribution in [0.4, 0.5) is 5.69 Å². The first-order chi connectivity index (χ1) is 14.6. The molecule has 30 heavy (non-hydrogen) atoms. The van der Waals surface area contributed by atoms with E-state index in [2.05, 4.69) is 110 Å². The summed E-state index contributed by atoms with van der Waals surface area (Å²) in [6.07, 6.45) is 6.18. The quantitative estimate of drug-likeness (QED) is 0.434. The lowest BCUT2D eigenvalue weighted by atomic mass is 10.2. The Morgan fingerprint density at radius 2 is 1.57 bits per heavy atom. The third-order valence-electron chi connectivity index (χ3n) is 5.29. The lowest BCUT2D eigenvalue weighted by Gasteiger charge is -2.11. The molecular weight excluding hydrogens is 372 g/mol. The lowest BCUT2D eigenvalue weighted by Crippen LogP contribution is -2.22. The third kappa shape index (κ3) is 3.22. The number of benzene rings is 2. The second-order valence-electron chi connectivity index (χ2n) is 7.65. The molecule has 0 aliphatic heterocycles. The van der Waals surface area contributed by atoms with Crippen molar-refractivity contribution in [1.82, 2.24) is 19.6 Å². The lowest BCUT2D eigenvalue weighted by molar-refractivity contribution is -0.499.